The molecule has 0 saturated heterocycles. The summed E-state index contributed by atoms with van der Waals surface area (Å²) in [5.41, 5.74) is 1.37. The molecule has 1 saturated carbocycles. The average Bonchev–Trinajstić information content (AvgIpc) is 2.79. The summed E-state index contributed by atoms with van der Waals surface area (Å²) in [4.78, 5) is 19.4. The minimum atomic E-state index is 0.119. The van der Waals surface area contributed by atoms with E-state index >= 15 is 0 Å². The predicted octanol–water partition coefficient (Wildman–Crippen LogP) is 3.96. The third-order valence-corrected chi connectivity index (χ3v) is 6.70. The fraction of sp³-hybridized carbons (Fsp3) is 0.625. The lowest BCUT2D eigenvalue weighted by molar-refractivity contribution is 0.187. The van der Waals surface area contributed by atoms with Gasteiger partial charge in [0.2, 0.25) is 0 Å². The van der Waals surface area contributed by atoms with Gasteiger partial charge in [-0.1, -0.05) is 19.3 Å². The second-order valence-electron chi connectivity index (χ2n) is 6.36. The summed E-state index contributed by atoms with van der Waals surface area (Å²) >= 11 is 6.19. The van der Waals surface area contributed by atoms with Crippen LogP contribution >= 0.6 is 24.0 Å². The highest BCUT2D eigenvalue weighted by atomic mass is 32.1. The van der Waals surface area contributed by atoms with Crippen LogP contribution in [0.25, 0.3) is 10.2 Å². The summed E-state index contributed by atoms with van der Waals surface area (Å²) in [5.74, 6) is 0.846. The molecule has 0 aromatic carbocycles. The van der Waals surface area contributed by atoms with Crippen LogP contribution in [-0.4, -0.2) is 15.3 Å². The van der Waals surface area contributed by atoms with Crippen molar-refractivity contribution in [1.82, 2.24) is 9.55 Å². The first-order valence-corrected chi connectivity index (χ1v) is 9.07. The Hall–Kier alpha value is -0.810. The van der Waals surface area contributed by atoms with Crippen molar-refractivity contribution in [3.8, 4) is 0 Å². The predicted molar refractivity (Wildman–Crippen MR) is 92.7 cm³/mol. The van der Waals surface area contributed by atoms with Crippen LogP contribution in [0.4, 0.5) is 0 Å². The van der Waals surface area contributed by atoms with Crippen molar-refractivity contribution >= 4 is 34.2 Å². The maximum Gasteiger partial charge on any atom is 0.262 e. The number of hydrogen-bond acceptors (Lipinski definition) is 4. The Balaban J connectivity index is 2.02. The van der Waals surface area contributed by atoms with Crippen molar-refractivity contribution in [3.63, 3.8) is 0 Å². The summed E-state index contributed by atoms with van der Waals surface area (Å²) in [6.07, 6.45) is 7.89. The van der Waals surface area contributed by atoms with Crippen molar-refractivity contribution in [2.75, 3.05) is 5.75 Å². The molecule has 1 aliphatic rings. The van der Waals surface area contributed by atoms with Gasteiger partial charge in [0, 0.05) is 11.4 Å². The summed E-state index contributed by atoms with van der Waals surface area (Å²) in [5, 5.41) is 0.810. The molecule has 0 aliphatic heterocycles. The molecule has 0 N–H and O–H groups in total. The van der Waals surface area contributed by atoms with Gasteiger partial charge >= 0.3 is 0 Å². The molecule has 0 bridgehead atoms. The zero-order valence-corrected chi connectivity index (χ0v) is 14.4. The maximum absolute atomic E-state index is 12.8. The molecule has 2 aromatic heterocycles. The minimum absolute atomic E-state index is 0.119. The molecule has 21 heavy (non-hydrogen) atoms. The van der Waals surface area contributed by atoms with Crippen LogP contribution in [0, 0.1) is 19.3 Å². The van der Waals surface area contributed by atoms with Gasteiger partial charge in [0.25, 0.3) is 5.56 Å². The Morgan fingerprint density at radius 2 is 2.05 bits per heavy atom. The first-order chi connectivity index (χ1) is 10.1. The number of aromatic nitrogens is 2. The van der Waals surface area contributed by atoms with E-state index in [2.05, 4.69) is 24.5 Å². The molecule has 1 aliphatic carbocycles. The van der Waals surface area contributed by atoms with Gasteiger partial charge in [-0.25, -0.2) is 4.98 Å². The Bertz CT molecular complexity index is 711. The normalized spacial score (nSPS) is 18.2. The molecule has 0 unspecified atom stereocenters. The standard InChI is InChI=1S/C16H22N2OS2/c1-11-12(2)21-14-13(11)15(19)18(10-17-14)8-16(9-20)6-4-3-5-7-16/h10,20H,3-9H2,1-2H3. The monoisotopic (exact) mass is 322 g/mol. The number of nitrogens with zero attached hydrogens (tertiary/aromatic N) is 2. The molecule has 3 rings (SSSR count). The molecule has 0 amide bonds. The number of fused-ring (bicyclic) bond motifs is 1. The number of aryl methyl sites for hydroxylation is 2. The maximum atomic E-state index is 12.8. The first-order valence-electron chi connectivity index (χ1n) is 7.62. The van der Waals surface area contributed by atoms with Crippen molar-refractivity contribution in [2.45, 2.75) is 52.5 Å². The Morgan fingerprint density at radius 1 is 1.33 bits per heavy atom. The van der Waals surface area contributed by atoms with Crippen LogP contribution in [0.2, 0.25) is 0 Å². The van der Waals surface area contributed by atoms with E-state index in [1.165, 1.54) is 37.0 Å². The first kappa shape index (κ1) is 15.1. The van der Waals surface area contributed by atoms with Gasteiger partial charge in [0.05, 0.1) is 11.7 Å². The van der Waals surface area contributed by atoms with Gasteiger partial charge in [-0.15, -0.1) is 11.3 Å². The Morgan fingerprint density at radius 3 is 2.71 bits per heavy atom. The summed E-state index contributed by atoms with van der Waals surface area (Å²) in [7, 11) is 0. The molecule has 1 fully saturated rings. The molecule has 0 spiro atoms. The molecular weight excluding hydrogens is 300 g/mol. The quantitative estimate of drug-likeness (QED) is 0.868. The van der Waals surface area contributed by atoms with Gasteiger partial charge < -0.3 is 0 Å². The second-order valence-corrected chi connectivity index (χ2v) is 7.88. The number of rotatable bonds is 3. The topological polar surface area (TPSA) is 34.9 Å². The van der Waals surface area contributed by atoms with Gasteiger partial charge in [-0.3, -0.25) is 9.36 Å². The third-order valence-electron chi connectivity index (χ3n) is 4.91. The van der Waals surface area contributed by atoms with E-state index < -0.39 is 0 Å². The van der Waals surface area contributed by atoms with Crippen LogP contribution in [0.5, 0.6) is 0 Å². The van der Waals surface area contributed by atoms with Crippen LogP contribution in [-0.2, 0) is 6.54 Å². The van der Waals surface area contributed by atoms with E-state index in [0.717, 1.165) is 28.1 Å². The lowest BCUT2D eigenvalue weighted by atomic mass is 9.75. The molecule has 3 nitrogen and oxygen atoms in total. The molecule has 2 aromatic rings. The van der Waals surface area contributed by atoms with E-state index in [1.54, 1.807) is 17.7 Å². The van der Waals surface area contributed by atoms with Crippen LogP contribution < -0.4 is 5.56 Å². The van der Waals surface area contributed by atoms with Crippen molar-refractivity contribution in [1.29, 1.82) is 0 Å². The van der Waals surface area contributed by atoms with Crippen molar-refractivity contribution in [3.05, 3.63) is 27.1 Å². The fourth-order valence-corrected chi connectivity index (χ4v) is 4.82. The van der Waals surface area contributed by atoms with Gasteiger partial charge in [-0.2, -0.15) is 12.6 Å². The molecular formula is C16H22N2OS2. The number of thiol groups is 1. The lowest BCUT2D eigenvalue weighted by Gasteiger charge is -2.36. The van der Waals surface area contributed by atoms with E-state index in [0.29, 0.717) is 0 Å². The molecule has 2 heterocycles. The fourth-order valence-electron chi connectivity index (χ4n) is 3.41. The molecule has 0 radical (unpaired) electrons. The average molecular weight is 322 g/mol. The van der Waals surface area contributed by atoms with E-state index in [-0.39, 0.29) is 11.0 Å². The largest absolute Gasteiger partial charge is 0.298 e. The van der Waals surface area contributed by atoms with E-state index in [4.69, 9.17) is 0 Å². The number of hydrogen-bond donors (Lipinski definition) is 1. The highest BCUT2D eigenvalue weighted by molar-refractivity contribution is 7.80. The van der Waals surface area contributed by atoms with E-state index in [9.17, 15) is 4.79 Å². The van der Waals surface area contributed by atoms with Crippen LogP contribution in [0.3, 0.4) is 0 Å². The SMILES string of the molecule is Cc1sc2ncn(CC3(CS)CCCCC3)c(=O)c2c1C. The summed E-state index contributed by atoms with van der Waals surface area (Å²) in [6.45, 7) is 4.84. The second kappa shape index (κ2) is 5.76. The van der Waals surface area contributed by atoms with Crippen molar-refractivity contribution < 1.29 is 0 Å². The third kappa shape index (κ3) is 2.66. The Labute approximate surface area is 134 Å². The highest BCUT2D eigenvalue weighted by Gasteiger charge is 2.31. The highest BCUT2D eigenvalue weighted by Crippen LogP contribution is 2.38. The molecule has 114 valence electrons. The van der Waals surface area contributed by atoms with Crippen LogP contribution in [0.15, 0.2) is 11.1 Å². The zero-order valence-electron chi connectivity index (χ0n) is 12.7. The lowest BCUT2D eigenvalue weighted by Crippen LogP contribution is -2.35. The Kier molecular flexibility index (Phi) is 4.14. The smallest absolute Gasteiger partial charge is 0.262 e. The van der Waals surface area contributed by atoms with Gasteiger partial charge in [0.1, 0.15) is 4.83 Å². The summed E-state index contributed by atoms with van der Waals surface area (Å²) < 4.78 is 1.82. The minimum Gasteiger partial charge on any atom is -0.298 e. The molecule has 5 heteroatoms. The van der Waals surface area contributed by atoms with E-state index in [1.807, 2.05) is 11.5 Å². The zero-order chi connectivity index (χ0) is 15.0. The van der Waals surface area contributed by atoms with Crippen molar-refractivity contribution in [2.24, 2.45) is 5.41 Å². The van der Waals surface area contributed by atoms with Crippen LogP contribution in [0.1, 0.15) is 42.5 Å². The van der Waals surface area contributed by atoms with Gasteiger partial charge in [-0.05, 0) is 43.4 Å². The van der Waals surface area contributed by atoms with Gasteiger partial charge in [0.15, 0.2) is 0 Å². The summed E-state index contributed by atoms with van der Waals surface area (Å²) in [6, 6.07) is 0. The number of thiophene rings is 1. The molecule has 0 atom stereocenters.